The Balaban J connectivity index is 1.83. The third-order valence-electron chi connectivity index (χ3n) is 3.68. The van der Waals surface area contributed by atoms with Crippen LogP contribution in [0.1, 0.15) is 37.7 Å². The van der Waals surface area contributed by atoms with Gasteiger partial charge in [0.05, 0.1) is 6.20 Å². The molecule has 1 aromatic rings. The van der Waals surface area contributed by atoms with Gasteiger partial charge in [0.1, 0.15) is 6.04 Å². The summed E-state index contributed by atoms with van der Waals surface area (Å²) in [5.74, 6) is -0.934. The molecule has 2 amide bonds. The van der Waals surface area contributed by atoms with E-state index >= 15 is 0 Å². The number of carbonyl (C=O) groups excluding carboxylic acids is 1. The molecule has 2 rings (SSSR count). The zero-order valence-electron chi connectivity index (χ0n) is 11.3. The number of nitrogens with zero attached hydrogens (tertiary/aromatic N) is 1. The summed E-state index contributed by atoms with van der Waals surface area (Å²) in [6, 6.07) is -1.26. The van der Waals surface area contributed by atoms with E-state index in [0.29, 0.717) is 6.54 Å². The first-order valence-corrected chi connectivity index (χ1v) is 6.91. The fourth-order valence-electron chi connectivity index (χ4n) is 2.60. The summed E-state index contributed by atoms with van der Waals surface area (Å²) in [7, 11) is 0. The fourth-order valence-corrected chi connectivity index (χ4v) is 2.60. The SMILES string of the molecule is O=C(NCc1cn[nH]c1)NC(C(=O)O)C1CCCCC1. The Kier molecular flexibility index (Phi) is 4.97. The lowest BCUT2D eigenvalue weighted by Gasteiger charge is -2.28. The van der Waals surface area contributed by atoms with E-state index in [1.165, 1.54) is 0 Å². The molecule has 7 heteroatoms. The maximum atomic E-state index is 11.8. The third-order valence-corrected chi connectivity index (χ3v) is 3.68. The van der Waals surface area contributed by atoms with Crippen molar-refractivity contribution in [3.05, 3.63) is 18.0 Å². The van der Waals surface area contributed by atoms with Crippen LogP contribution in [0.3, 0.4) is 0 Å². The lowest BCUT2D eigenvalue weighted by atomic mass is 9.84. The highest BCUT2D eigenvalue weighted by molar-refractivity contribution is 5.82. The molecule has 1 aliphatic carbocycles. The van der Waals surface area contributed by atoms with E-state index in [-0.39, 0.29) is 5.92 Å². The molecule has 110 valence electrons. The second-order valence-electron chi connectivity index (χ2n) is 5.15. The van der Waals surface area contributed by atoms with Crippen molar-refractivity contribution in [1.82, 2.24) is 20.8 Å². The minimum atomic E-state index is -0.963. The molecule has 0 bridgehead atoms. The largest absolute Gasteiger partial charge is 0.480 e. The van der Waals surface area contributed by atoms with E-state index in [4.69, 9.17) is 0 Å². The number of hydrogen-bond acceptors (Lipinski definition) is 3. The lowest BCUT2D eigenvalue weighted by Crippen LogP contribution is -2.50. The monoisotopic (exact) mass is 280 g/mol. The summed E-state index contributed by atoms with van der Waals surface area (Å²) in [6.07, 6.45) is 8.22. The first kappa shape index (κ1) is 14.4. The van der Waals surface area contributed by atoms with Crippen LogP contribution >= 0.6 is 0 Å². The van der Waals surface area contributed by atoms with E-state index < -0.39 is 18.0 Å². The topological polar surface area (TPSA) is 107 Å². The van der Waals surface area contributed by atoms with Gasteiger partial charge in [0.15, 0.2) is 0 Å². The van der Waals surface area contributed by atoms with Crippen molar-refractivity contribution >= 4 is 12.0 Å². The Morgan fingerprint density at radius 1 is 1.40 bits per heavy atom. The average molecular weight is 280 g/mol. The molecule has 4 N–H and O–H groups in total. The number of carboxylic acids is 1. The molecule has 1 saturated carbocycles. The number of amides is 2. The predicted octanol–water partition coefficient (Wildman–Crippen LogP) is 1.24. The average Bonchev–Trinajstić information content (AvgIpc) is 2.96. The maximum absolute atomic E-state index is 11.8. The molecule has 0 aromatic carbocycles. The van der Waals surface area contributed by atoms with E-state index in [1.54, 1.807) is 12.4 Å². The molecule has 1 unspecified atom stereocenters. The summed E-state index contributed by atoms with van der Waals surface area (Å²) >= 11 is 0. The van der Waals surface area contributed by atoms with Crippen molar-refractivity contribution < 1.29 is 14.7 Å². The molecule has 0 saturated heterocycles. The van der Waals surface area contributed by atoms with Crippen molar-refractivity contribution in [2.24, 2.45) is 5.92 Å². The van der Waals surface area contributed by atoms with Crippen LogP contribution < -0.4 is 10.6 Å². The summed E-state index contributed by atoms with van der Waals surface area (Å²) in [5, 5.41) is 20.9. The highest BCUT2D eigenvalue weighted by Crippen LogP contribution is 2.26. The summed E-state index contributed by atoms with van der Waals surface area (Å²) in [6.45, 7) is 0.319. The quantitative estimate of drug-likeness (QED) is 0.651. The molecule has 0 aliphatic heterocycles. The lowest BCUT2D eigenvalue weighted by molar-refractivity contribution is -0.141. The van der Waals surface area contributed by atoms with Crippen molar-refractivity contribution in [2.75, 3.05) is 0 Å². The number of aromatic nitrogens is 2. The van der Waals surface area contributed by atoms with Crippen molar-refractivity contribution in [1.29, 1.82) is 0 Å². The van der Waals surface area contributed by atoms with Gasteiger partial charge in [-0.15, -0.1) is 0 Å². The number of urea groups is 1. The van der Waals surface area contributed by atoms with Gasteiger partial charge in [0.25, 0.3) is 0 Å². The van der Waals surface area contributed by atoms with Crippen LogP contribution in [0.4, 0.5) is 4.79 Å². The van der Waals surface area contributed by atoms with Gasteiger partial charge in [-0.3, -0.25) is 5.10 Å². The molecule has 0 radical (unpaired) electrons. The molecule has 1 heterocycles. The number of nitrogens with one attached hydrogen (secondary N) is 3. The molecule has 1 fully saturated rings. The van der Waals surface area contributed by atoms with Crippen LogP contribution in [0, 0.1) is 5.92 Å². The van der Waals surface area contributed by atoms with E-state index in [0.717, 1.165) is 37.7 Å². The second kappa shape index (κ2) is 6.93. The molecule has 20 heavy (non-hydrogen) atoms. The highest BCUT2D eigenvalue weighted by atomic mass is 16.4. The first-order chi connectivity index (χ1) is 9.66. The minimum Gasteiger partial charge on any atom is -0.480 e. The smallest absolute Gasteiger partial charge is 0.326 e. The highest BCUT2D eigenvalue weighted by Gasteiger charge is 2.30. The Labute approximate surface area is 117 Å². The number of hydrogen-bond donors (Lipinski definition) is 4. The standard InChI is InChI=1S/C13H20N4O3/c18-12(19)11(10-4-2-1-3-5-10)17-13(20)14-6-9-7-15-16-8-9/h7-8,10-11H,1-6H2,(H,15,16)(H,18,19)(H2,14,17,20). The van der Waals surface area contributed by atoms with Gasteiger partial charge in [-0.05, 0) is 18.8 Å². The Morgan fingerprint density at radius 3 is 2.75 bits per heavy atom. The fraction of sp³-hybridized carbons (Fsp3) is 0.615. The van der Waals surface area contributed by atoms with Crippen LogP contribution in [0.2, 0.25) is 0 Å². The van der Waals surface area contributed by atoms with Crippen molar-refractivity contribution in [3.8, 4) is 0 Å². The van der Waals surface area contributed by atoms with Gasteiger partial charge < -0.3 is 15.7 Å². The third kappa shape index (κ3) is 3.97. The van der Waals surface area contributed by atoms with Crippen molar-refractivity contribution in [2.45, 2.75) is 44.7 Å². The molecule has 1 aliphatic rings. The summed E-state index contributed by atoms with van der Waals surface area (Å²) in [4.78, 5) is 23.1. The first-order valence-electron chi connectivity index (χ1n) is 6.91. The Hall–Kier alpha value is -2.05. The molecular formula is C13H20N4O3. The number of aromatic amines is 1. The Bertz CT molecular complexity index is 440. The molecule has 1 atom stereocenters. The molecule has 7 nitrogen and oxygen atoms in total. The number of carboxylic acid groups (broad SMARTS) is 1. The summed E-state index contributed by atoms with van der Waals surface area (Å²) < 4.78 is 0. The van der Waals surface area contributed by atoms with Crippen LogP contribution in [0.15, 0.2) is 12.4 Å². The molecular weight excluding hydrogens is 260 g/mol. The van der Waals surface area contributed by atoms with E-state index in [2.05, 4.69) is 20.8 Å². The second-order valence-corrected chi connectivity index (χ2v) is 5.15. The Morgan fingerprint density at radius 2 is 2.15 bits per heavy atom. The van der Waals surface area contributed by atoms with Gasteiger partial charge in [-0.25, -0.2) is 9.59 Å². The number of aliphatic carboxylic acids is 1. The number of carbonyl (C=O) groups is 2. The van der Waals surface area contributed by atoms with Crippen LogP contribution in [0.5, 0.6) is 0 Å². The molecule has 0 spiro atoms. The minimum absolute atomic E-state index is 0.0286. The van der Waals surface area contributed by atoms with Crippen LogP contribution in [0.25, 0.3) is 0 Å². The predicted molar refractivity (Wildman–Crippen MR) is 72.0 cm³/mol. The van der Waals surface area contributed by atoms with Crippen LogP contribution in [-0.4, -0.2) is 33.3 Å². The van der Waals surface area contributed by atoms with Gasteiger partial charge >= 0.3 is 12.0 Å². The van der Waals surface area contributed by atoms with Gasteiger partial charge in [0, 0.05) is 18.3 Å². The zero-order chi connectivity index (χ0) is 14.4. The van der Waals surface area contributed by atoms with E-state index in [9.17, 15) is 14.7 Å². The van der Waals surface area contributed by atoms with Gasteiger partial charge in [-0.1, -0.05) is 19.3 Å². The van der Waals surface area contributed by atoms with E-state index in [1.807, 2.05) is 0 Å². The number of rotatable bonds is 5. The molecule has 1 aromatic heterocycles. The zero-order valence-corrected chi connectivity index (χ0v) is 11.3. The van der Waals surface area contributed by atoms with Crippen LogP contribution in [-0.2, 0) is 11.3 Å². The summed E-state index contributed by atoms with van der Waals surface area (Å²) in [5.41, 5.74) is 0.838. The maximum Gasteiger partial charge on any atom is 0.326 e. The van der Waals surface area contributed by atoms with Crippen molar-refractivity contribution in [3.63, 3.8) is 0 Å². The van der Waals surface area contributed by atoms with Gasteiger partial charge in [-0.2, -0.15) is 5.10 Å². The normalized spacial score (nSPS) is 17.4. The van der Waals surface area contributed by atoms with Gasteiger partial charge in [0.2, 0.25) is 0 Å². The number of H-pyrrole nitrogens is 1.